The number of esters is 1. The predicted molar refractivity (Wildman–Crippen MR) is 107 cm³/mol. The number of non-ortho nitro benzene ring substituents is 1. The molecule has 1 atom stereocenters. The third-order valence-corrected chi connectivity index (χ3v) is 4.16. The summed E-state index contributed by atoms with van der Waals surface area (Å²) in [5, 5.41) is 18.0. The molecule has 1 N–H and O–H groups in total. The van der Waals surface area contributed by atoms with Crippen LogP contribution in [0.3, 0.4) is 0 Å². The SMILES string of the molecule is COCCNc1ccc([N+](=O)[O-])cc1C(=O)O[C@@H](C)c1nc(-c2ccccc2)no1. The van der Waals surface area contributed by atoms with Gasteiger partial charge in [-0.1, -0.05) is 35.5 Å². The van der Waals surface area contributed by atoms with Crippen molar-refractivity contribution >= 4 is 17.3 Å². The molecule has 0 saturated carbocycles. The van der Waals surface area contributed by atoms with Gasteiger partial charge in [0.1, 0.15) is 0 Å². The molecule has 3 aromatic rings. The number of aromatic nitrogens is 2. The standard InChI is InChI=1S/C20H20N4O6/c1-13(19-22-18(23-30-19)14-6-4-3-5-7-14)29-20(25)16-12-15(24(26)27)8-9-17(16)21-10-11-28-2/h3-9,12-13,21H,10-11H2,1-2H3/t13-/m0/s1. The average molecular weight is 412 g/mol. The van der Waals surface area contributed by atoms with Crippen LogP contribution in [-0.2, 0) is 9.47 Å². The summed E-state index contributed by atoms with van der Waals surface area (Å²) in [5.74, 6) is -0.280. The van der Waals surface area contributed by atoms with E-state index in [4.69, 9.17) is 14.0 Å². The lowest BCUT2D eigenvalue weighted by Gasteiger charge is -2.13. The minimum atomic E-state index is -0.853. The van der Waals surface area contributed by atoms with Gasteiger partial charge in [-0.25, -0.2) is 4.79 Å². The number of hydrogen-bond donors (Lipinski definition) is 1. The third-order valence-electron chi connectivity index (χ3n) is 4.16. The van der Waals surface area contributed by atoms with Crippen LogP contribution in [0.25, 0.3) is 11.4 Å². The first-order valence-corrected chi connectivity index (χ1v) is 9.11. The van der Waals surface area contributed by atoms with Crippen molar-refractivity contribution < 1.29 is 23.7 Å². The first-order valence-electron chi connectivity index (χ1n) is 9.11. The fraction of sp³-hybridized carbons (Fsp3) is 0.250. The molecule has 0 aliphatic rings. The Balaban J connectivity index is 1.78. The van der Waals surface area contributed by atoms with E-state index in [1.807, 2.05) is 30.3 Å². The number of rotatable bonds is 9. The van der Waals surface area contributed by atoms with E-state index in [9.17, 15) is 14.9 Å². The van der Waals surface area contributed by atoms with E-state index in [-0.39, 0.29) is 17.1 Å². The van der Waals surface area contributed by atoms with Crippen molar-refractivity contribution in [3.8, 4) is 11.4 Å². The van der Waals surface area contributed by atoms with E-state index < -0.39 is 17.0 Å². The van der Waals surface area contributed by atoms with Gasteiger partial charge in [-0.2, -0.15) is 4.98 Å². The second-order valence-corrected chi connectivity index (χ2v) is 6.28. The van der Waals surface area contributed by atoms with E-state index in [1.54, 1.807) is 14.0 Å². The molecular weight excluding hydrogens is 392 g/mol. The van der Waals surface area contributed by atoms with Crippen LogP contribution in [0.15, 0.2) is 53.1 Å². The lowest BCUT2D eigenvalue weighted by atomic mass is 10.1. The summed E-state index contributed by atoms with van der Waals surface area (Å²) in [6, 6.07) is 13.1. The monoisotopic (exact) mass is 412 g/mol. The molecule has 0 fully saturated rings. The Morgan fingerprint density at radius 1 is 1.27 bits per heavy atom. The quantitative estimate of drug-likeness (QED) is 0.242. The molecule has 1 aromatic heterocycles. The van der Waals surface area contributed by atoms with Gasteiger partial charge in [-0.05, 0) is 13.0 Å². The summed E-state index contributed by atoms with van der Waals surface area (Å²) in [5.41, 5.74) is 0.950. The summed E-state index contributed by atoms with van der Waals surface area (Å²) in [6.45, 7) is 2.38. The summed E-state index contributed by atoms with van der Waals surface area (Å²) in [7, 11) is 1.54. The number of ether oxygens (including phenoxy) is 2. The van der Waals surface area contributed by atoms with Crippen molar-refractivity contribution in [1.29, 1.82) is 0 Å². The Labute approximate surface area is 172 Å². The highest BCUT2D eigenvalue weighted by Gasteiger charge is 2.23. The van der Waals surface area contributed by atoms with Crippen LogP contribution >= 0.6 is 0 Å². The minimum absolute atomic E-state index is 0.0231. The number of carbonyl (C=O) groups is 1. The van der Waals surface area contributed by atoms with Crippen molar-refractivity contribution in [2.24, 2.45) is 0 Å². The van der Waals surface area contributed by atoms with Gasteiger partial charge in [0, 0.05) is 37.0 Å². The smallest absolute Gasteiger partial charge is 0.341 e. The Kier molecular flexibility index (Phi) is 6.71. The Morgan fingerprint density at radius 2 is 2.03 bits per heavy atom. The molecule has 0 spiro atoms. The number of anilines is 1. The van der Waals surface area contributed by atoms with Gasteiger partial charge in [0.05, 0.1) is 17.1 Å². The highest BCUT2D eigenvalue weighted by Crippen LogP contribution is 2.26. The number of nitrogens with one attached hydrogen (secondary N) is 1. The molecular formula is C20H20N4O6. The molecule has 0 unspecified atom stereocenters. The van der Waals surface area contributed by atoms with Gasteiger partial charge < -0.3 is 19.3 Å². The minimum Gasteiger partial charge on any atom is -0.449 e. The van der Waals surface area contributed by atoms with Crippen LogP contribution < -0.4 is 5.32 Å². The third kappa shape index (κ3) is 4.97. The maximum Gasteiger partial charge on any atom is 0.341 e. The van der Waals surface area contributed by atoms with E-state index >= 15 is 0 Å². The molecule has 10 nitrogen and oxygen atoms in total. The lowest BCUT2D eigenvalue weighted by molar-refractivity contribution is -0.384. The summed E-state index contributed by atoms with van der Waals surface area (Å²) < 4.78 is 15.6. The fourth-order valence-corrected chi connectivity index (χ4v) is 2.64. The number of nitro benzene ring substituents is 1. The maximum absolute atomic E-state index is 12.7. The molecule has 30 heavy (non-hydrogen) atoms. The normalized spacial score (nSPS) is 11.7. The average Bonchev–Trinajstić information content (AvgIpc) is 3.25. The molecule has 2 aromatic carbocycles. The summed E-state index contributed by atoms with van der Waals surface area (Å²) in [6.07, 6.45) is -0.853. The van der Waals surface area contributed by atoms with Gasteiger partial charge in [-0.15, -0.1) is 0 Å². The van der Waals surface area contributed by atoms with Gasteiger partial charge in [0.25, 0.3) is 11.6 Å². The zero-order valence-electron chi connectivity index (χ0n) is 16.4. The van der Waals surface area contributed by atoms with Crippen LogP contribution in [0.1, 0.15) is 29.3 Å². The van der Waals surface area contributed by atoms with Crippen LogP contribution in [0.2, 0.25) is 0 Å². The van der Waals surface area contributed by atoms with E-state index in [0.29, 0.717) is 24.7 Å². The number of hydrogen-bond acceptors (Lipinski definition) is 9. The topological polar surface area (TPSA) is 130 Å². The largest absolute Gasteiger partial charge is 0.449 e. The number of nitrogens with zero attached hydrogens (tertiary/aromatic N) is 3. The van der Waals surface area contributed by atoms with E-state index in [1.165, 1.54) is 12.1 Å². The van der Waals surface area contributed by atoms with Gasteiger partial charge in [-0.3, -0.25) is 10.1 Å². The molecule has 156 valence electrons. The molecule has 0 bridgehead atoms. The number of carbonyl (C=O) groups excluding carboxylic acids is 1. The van der Waals surface area contributed by atoms with Crippen LogP contribution in [0.5, 0.6) is 0 Å². The molecule has 0 radical (unpaired) electrons. The Hall–Kier alpha value is -3.79. The van der Waals surface area contributed by atoms with Gasteiger partial charge in [0.2, 0.25) is 5.82 Å². The number of benzene rings is 2. The molecule has 0 aliphatic heterocycles. The second-order valence-electron chi connectivity index (χ2n) is 6.28. The summed E-state index contributed by atoms with van der Waals surface area (Å²) >= 11 is 0. The zero-order valence-corrected chi connectivity index (χ0v) is 16.4. The highest BCUT2D eigenvalue weighted by molar-refractivity contribution is 5.96. The Morgan fingerprint density at radius 3 is 2.73 bits per heavy atom. The second kappa shape index (κ2) is 9.61. The molecule has 0 amide bonds. The van der Waals surface area contributed by atoms with Gasteiger partial charge >= 0.3 is 5.97 Å². The molecule has 0 saturated heterocycles. The Bertz CT molecular complexity index is 1020. The van der Waals surface area contributed by atoms with Crippen molar-refractivity contribution in [2.45, 2.75) is 13.0 Å². The van der Waals surface area contributed by atoms with Gasteiger partial charge in [0.15, 0.2) is 6.10 Å². The van der Waals surface area contributed by atoms with E-state index in [2.05, 4.69) is 15.5 Å². The van der Waals surface area contributed by atoms with Crippen molar-refractivity contribution in [2.75, 3.05) is 25.6 Å². The summed E-state index contributed by atoms with van der Waals surface area (Å²) in [4.78, 5) is 27.5. The molecule has 3 rings (SSSR count). The first kappa shape index (κ1) is 20.9. The number of methoxy groups -OCH3 is 1. The zero-order chi connectivity index (χ0) is 21.5. The first-order chi connectivity index (χ1) is 14.5. The van der Waals surface area contributed by atoms with Crippen molar-refractivity contribution in [1.82, 2.24) is 10.1 Å². The van der Waals surface area contributed by atoms with E-state index in [0.717, 1.165) is 11.6 Å². The van der Waals surface area contributed by atoms with Crippen LogP contribution in [-0.4, -0.2) is 41.3 Å². The predicted octanol–water partition coefficient (Wildman–Crippen LogP) is 3.62. The highest BCUT2D eigenvalue weighted by atomic mass is 16.6. The maximum atomic E-state index is 12.7. The molecule has 0 aliphatic carbocycles. The fourth-order valence-electron chi connectivity index (χ4n) is 2.64. The number of nitro groups is 1. The van der Waals surface area contributed by atoms with Crippen molar-refractivity contribution in [3.05, 3.63) is 70.1 Å². The molecule has 10 heteroatoms. The van der Waals surface area contributed by atoms with Crippen LogP contribution in [0.4, 0.5) is 11.4 Å². The van der Waals surface area contributed by atoms with Crippen LogP contribution in [0, 0.1) is 10.1 Å². The van der Waals surface area contributed by atoms with Crippen molar-refractivity contribution in [3.63, 3.8) is 0 Å². The lowest BCUT2D eigenvalue weighted by Crippen LogP contribution is -2.15. The molecule has 1 heterocycles.